The average molecular weight is 705 g/mol. The Morgan fingerprint density at radius 3 is 2.47 bits per heavy atom. The number of nitrogens with one attached hydrogen (secondary N) is 3. The third-order valence-corrected chi connectivity index (χ3v) is 9.36. The van der Waals surface area contributed by atoms with Gasteiger partial charge >= 0.3 is 12.8 Å². The van der Waals surface area contributed by atoms with Gasteiger partial charge in [-0.25, -0.2) is 0 Å². The summed E-state index contributed by atoms with van der Waals surface area (Å²) in [6, 6.07) is 29.9. The lowest BCUT2D eigenvalue weighted by molar-refractivity contribution is -0.394. The van der Waals surface area contributed by atoms with Crippen LogP contribution < -0.4 is 16.0 Å². The Balaban J connectivity index is 0.963. The van der Waals surface area contributed by atoms with Crippen molar-refractivity contribution < 1.29 is 14.5 Å². The Kier molecular flexibility index (Phi) is 10.2. The molecule has 0 aliphatic carbocycles. The molecule has 4 aromatic carbocycles. The summed E-state index contributed by atoms with van der Waals surface area (Å²) >= 11 is 0. The maximum Gasteiger partial charge on any atom is 0.490 e. The number of para-hydroxylation sites is 1. The monoisotopic (exact) mass is 704 g/mol. The number of aromatic nitrogens is 4. The number of aryl methyl sites for hydroxylation is 1. The Hall–Kier alpha value is -6.76. The van der Waals surface area contributed by atoms with Crippen molar-refractivity contribution >= 4 is 41.0 Å². The molecular weight excluding hydrogens is 667 g/mol. The van der Waals surface area contributed by atoms with Crippen LogP contribution in [0.15, 0.2) is 128 Å². The molecule has 7 rings (SSSR count). The Bertz CT molecular complexity index is 2330. The summed E-state index contributed by atoms with van der Waals surface area (Å²) in [6.07, 6.45) is 10.5. The van der Waals surface area contributed by atoms with Gasteiger partial charge in [-0.05, 0) is 82.6 Å². The van der Waals surface area contributed by atoms with Crippen molar-refractivity contribution in [3.63, 3.8) is 0 Å². The molecule has 1 aliphatic heterocycles. The summed E-state index contributed by atoms with van der Waals surface area (Å²) in [6.45, 7) is 1.48. The van der Waals surface area contributed by atoms with Crippen molar-refractivity contribution in [2.24, 2.45) is 0 Å². The van der Waals surface area contributed by atoms with E-state index in [2.05, 4.69) is 68.0 Å². The Labute approximate surface area is 306 Å². The molecule has 1 aliphatic rings. The maximum absolute atomic E-state index is 13.2. The highest BCUT2D eigenvalue weighted by atomic mass is 16.6. The third kappa shape index (κ3) is 7.94. The van der Waals surface area contributed by atoms with Gasteiger partial charge in [0, 0.05) is 53.5 Å². The molecule has 0 fully saturated rings. The van der Waals surface area contributed by atoms with Crippen molar-refractivity contribution in [1.82, 2.24) is 35.2 Å². The quantitative estimate of drug-likeness (QED) is 0.0618. The van der Waals surface area contributed by atoms with Gasteiger partial charge in [0.1, 0.15) is 0 Å². The summed E-state index contributed by atoms with van der Waals surface area (Å²) in [7, 11) is 1.85. The van der Waals surface area contributed by atoms with E-state index < -0.39 is 10.9 Å². The molecule has 0 bridgehead atoms. The molecule has 13 heteroatoms. The summed E-state index contributed by atoms with van der Waals surface area (Å²) in [5, 5.41) is 21.8. The molecule has 0 spiro atoms. The van der Waals surface area contributed by atoms with Gasteiger partial charge in [0.05, 0.1) is 12.1 Å². The molecule has 0 unspecified atom stereocenters. The lowest BCUT2D eigenvalue weighted by Gasteiger charge is -2.18. The first-order valence-electron chi connectivity index (χ1n) is 17.4. The van der Waals surface area contributed by atoms with Crippen LogP contribution in [0.5, 0.6) is 0 Å². The number of allylic oxidation sites excluding steroid dienone is 2. The molecule has 12 nitrogen and oxygen atoms in total. The van der Waals surface area contributed by atoms with Crippen molar-refractivity contribution in [3.05, 3.63) is 155 Å². The minimum Gasteiger partial charge on any atom is -0.427 e. The zero-order valence-electron chi connectivity index (χ0n) is 29.1. The van der Waals surface area contributed by atoms with Crippen LogP contribution in [0.2, 0.25) is 0 Å². The number of hydrogen-bond donors (Lipinski definition) is 3. The van der Waals surface area contributed by atoms with Gasteiger partial charge in [-0.15, -0.1) is 0 Å². The molecule has 264 valence electrons. The smallest absolute Gasteiger partial charge is 0.427 e. The molecule has 6 aromatic rings. The van der Waals surface area contributed by atoms with Crippen LogP contribution >= 0.6 is 0 Å². The highest BCUT2D eigenvalue weighted by Crippen LogP contribution is 2.32. The van der Waals surface area contributed by atoms with E-state index in [1.54, 1.807) is 17.0 Å². The fraction of sp³-hybridized carbons (Fsp3) is 0.150. The number of rotatable bonds is 13. The SMILES string of the molecule is CN(CCc1c[nH]c2c(-c3cccc(-c4ccc(C(=O)NCCCn5cnc([N+](=O)[O-])n5)cc4)c3)cccc12)C(=O)c1ccc(B2C=CC=CN2)cc1. The maximum atomic E-state index is 13.2. The number of carbonyl (C=O) groups excluding carboxylic acids is 2. The number of fused-ring (bicyclic) bond motifs is 1. The Morgan fingerprint density at radius 2 is 1.72 bits per heavy atom. The summed E-state index contributed by atoms with van der Waals surface area (Å²) in [5.41, 5.74) is 8.65. The number of nitrogens with zero attached hydrogens (tertiary/aromatic N) is 5. The van der Waals surface area contributed by atoms with E-state index in [1.165, 1.54) is 11.0 Å². The van der Waals surface area contributed by atoms with Gasteiger partial charge in [0.25, 0.3) is 11.8 Å². The zero-order valence-corrected chi connectivity index (χ0v) is 29.1. The molecule has 0 saturated carbocycles. The van der Waals surface area contributed by atoms with Gasteiger partial charge in [-0.2, -0.15) is 4.68 Å². The lowest BCUT2D eigenvalue weighted by Crippen LogP contribution is -2.41. The van der Waals surface area contributed by atoms with Crippen molar-refractivity contribution in [3.8, 4) is 22.3 Å². The second kappa shape index (κ2) is 15.6. The standard InChI is InChI=1S/C40H37BN8O4/c1-47(39(51)30-15-17-34(18-16-30)41-20-2-3-22-45-41)24-19-33-26-43-37-35(9-5-10-36(33)37)32-8-4-7-31(25-32)28-11-13-29(14-12-28)38(50)42-21-6-23-48-27-44-40(46-48)49(52)53/h2-5,7-18,20,22,25-27,43,45H,6,19,21,23-24H2,1H3,(H,42,50). The van der Waals surface area contributed by atoms with Crippen LogP contribution in [-0.2, 0) is 13.0 Å². The zero-order chi connectivity index (χ0) is 36.7. The van der Waals surface area contributed by atoms with Crippen LogP contribution in [0.25, 0.3) is 33.2 Å². The molecular formula is C40H37BN8O4. The predicted octanol–water partition coefficient (Wildman–Crippen LogP) is 5.55. The molecule has 2 amide bonds. The van der Waals surface area contributed by atoms with Crippen LogP contribution in [0.4, 0.5) is 5.95 Å². The van der Waals surface area contributed by atoms with Gasteiger partial charge in [0.2, 0.25) is 6.33 Å². The van der Waals surface area contributed by atoms with Gasteiger partial charge < -0.3 is 30.5 Å². The molecule has 0 saturated heterocycles. The third-order valence-electron chi connectivity index (χ3n) is 9.36. The van der Waals surface area contributed by atoms with Crippen LogP contribution in [0.3, 0.4) is 0 Å². The summed E-state index contributed by atoms with van der Waals surface area (Å²) in [4.78, 5) is 45.0. The highest BCUT2D eigenvalue weighted by Gasteiger charge is 2.18. The van der Waals surface area contributed by atoms with Crippen LogP contribution in [0, 0.1) is 10.1 Å². The molecule has 0 atom stereocenters. The number of carbonyl (C=O) groups is 2. The minimum absolute atomic E-state index is 0.00871. The van der Waals surface area contributed by atoms with E-state index in [1.807, 2.05) is 74.1 Å². The number of amides is 2. The summed E-state index contributed by atoms with van der Waals surface area (Å²) < 4.78 is 1.39. The molecule has 0 radical (unpaired) electrons. The number of benzene rings is 4. The first kappa shape index (κ1) is 34.7. The molecule has 3 heterocycles. The van der Waals surface area contributed by atoms with Crippen molar-refractivity contribution in [1.29, 1.82) is 0 Å². The van der Waals surface area contributed by atoms with Gasteiger partial charge in [-0.1, -0.05) is 83.2 Å². The van der Waals surface area contributed by atoms with E-state index in [9.17, 15) is 19.7 Å². The Morgan fingerprint density at radius 1 is 0.943 bits per heavy atom. The first-order chi connectivity index (χ1) is 25.8. The minimum atomic E-state index is -0.642. The number of hydrogen-bond acceptors (Lipinski definition) is 7. The molecule has 53 heavy (non-hydrogen) atoms. The topological polar surface area (TPSA) is 151 Å². The number of likely N-dealkylation sites (N-methyl/N-ethyl adjacent to an activating group) is 1. The summed E-state index contributed by atoms with van der Waals surface area (Å²) in [5.74, 6) is 1.44. The van der Waals surface area contributed by atoms with Crippen molar-refractivity contribution in [2.45, 2.75) is 19.4 Å². The van der Waals surface area contributed by atoms with Crippen LogP contribution in [0.1, 0.15) is 32.7 Å². The van der Waals surface area contributed by atoms with E-state index >= 15 is 0 Å². The normalized spacial score (nSPS) is 12.1. The van der Waals surface area contributed by atoms with Crippen molar-refractivity contribution in [2.75, 3.05) is 20.1 Å². The fourth-order valence-electron chi connectivity index (χ4n) is 6.46. The average Bonchev–Trinajstić information content (AvgIpc) is 3.86. The van der Waals surface area contributed by atoms with Gasteiger partial charge in [0.15, 0.2) is 0 Å². The first-order valence-corrected chi connectivity index (χ1v) is 17.4. The number of nitro groups is 1. The fourth-order valence-corrected chi connectivity index (χ4v) is 6.46. The second-order valence-electron chi connectivity index (χ2n) is 12.9. The van der Waals surface area contributed by atoms with E-state index in [0.717, 1.165) is 44.2 Å². The van der Waals surface area contributed by atoms with Gasteiger partial charge in [-0.3, -0.25) is 9.59 Å². The highest BCUT2D eigenvalue weighted by molar-refractivity contribution is 6.76. The van der Waals surface area contributed by atoms with E-state index in [0.29, 0.717) is 43.6 Å². The van der Waals surface area contributed by atoms with E-state index in [4.69, 9.17) is 0 Å². The number of aromatic amines is 1. The van der Waals surface area contributed by atoms with E-state index in [-0.39, 0.29) is 18.7 Å². The number of H-pyrrole nitrogens is 1. The largest absolute Gasteiger partial charge is 0.490 e. The molecule has 2 aromatic heterocycles. The predicted molar refractivity (Wildman–Crippen MR) is 207 cm³/mol. The molecule has 3 N–H and O–H groups in total. The second-order valence-corrected chi connectivity index (χ2v) is 12.9. The lowest BCUT2D eigenvalue weighted by atomic mass is 9.55. The van der Waals surface area contributed by atoms with Crippen LogP contribution in [-0.4, -0.2) is 68.4 Å².